The molecule has 1 aliphatic carbocycles. The number of allylic oxidation sites excluding steroid dienone is 2. The van der Waals surface area contributed by atoms with Crippen LogP contribution in [0, 0.1) is 0 Å². The molecule has 0 spiro atoms. The zero-order valence-electron chi connectivity index (χ0n) is 57.0. The number of unbranched alkanes of at least 4 members (excludes halogenated alkanes) is 32. The molecule has 0 saturated heterocycles. The van der Waals surface area contributed by atoms with Gasteiger partial charge in [0.25, 0.3) is 0 Å². The number of benzene rings is 4. The van der Waals surface area contributed by atoms with E-state index in [4.69, 9.17) is 18.9 Å². The SMILES string of the molecule is CCCCCCCCCCCC(=O)OCC1(COC(=O)CCCCCCCCCCC)Nc2cccc3ccc(C4=C([O-])C(c5ccc6cccc7c6c5NC(COC(=O)CCCCCCCCCCC)(COC(=O)CCCCCCCCCCC)N7)=C4[O-])c(c23)N1. The van der Waals surface area contributed by atoms with E-state index < -0.39 is 22.8 Å². The molecule has 2 heterocycles. The lowest BCUT2D eigenvalue weighted by molar-refractivity contribution is -0.316. The molecule has 0 radical (unpaired) electrons. The molecule has 0 aromatic heterocycles. The van der Waals surface area contributed by atoms with E-state index in [1.807, 2.05) is 48.5 Å². The number of rotatable bonds is 50. The van der Waals surface area contributed by atoms with Gasteiger partial charge in [-0.05, 0) is 59.7 Å². The van der Waals surface area contributed by atoms with Gasteiger partial charge < -0.3 is 50.4 Å². The number of nitrogens with one attached hydrogen (secondary N) is 4. The van der Waals surface area contributed by atoms with Crippen LogP contribution in [-0.4, -0.2) is 61.6 Å². The number of carbonyl (C=O) groups excluding carboxylic acids is 4. The zero-order valence-corrected chi connectivity index (χ0v) is 57.0. The fourth-order valence-electron chi connectivity index (χ4n) is 13.4. The van der Waals surface area contributed by atoms with Crippen LogP contribution in [0.1, 0.15) is 296 Å². The smallest absolute Gasteiger partial charge is 0.305 e. The van der Waals surface area contributed by atoms with E-state index in [2.05, 4.69) is 49.0 Å². The van der Waals surface area contributed by atoms with E-state index in [1.54, 1.807) is 12.1 Å². The number of ether oxygens (including phenoxy) is 4. The largest absolute Gasteiger partial charge is 0.872 e. The molecule has 0 saturated carbocycles. The summed E-state index contributed by atoms with van der Waals surface area (Å²) in [7, 11) is 0. The summed E-state index contributed by atoms with van der Waals surface area (Å²) >= 11 is 0. The second kappa shape index (κ2) is 40.0. The highest BCUT2D eigenvalue weighted by Gasteiger charge is 2.42. The highest BCUT2D eigenvalue weighted by atomic mass is 16.6. The lowest BCUT2D eigenvalue weighted by atomic mass is 9.80. The second-order valence-electron chi connectivity index (χ2n) is 26.8. The van der Waals surface area contributed by atoms with Gasteiger partial charge >= 0.3 is 23.9 Å². The predicted molar refractivity (Wildman–Crippen MR) is 373 cm³/mol. The van der Waals surface area contributed by atoms with Crippen LogP contribution in [0.5, 0.6) is 0 Å². The molecule has 0 bridgehead atoms. The monoisotopic (exact) mass is 1270 g/mol. The third kappa shape index (κ3) is 22.4. The van der Waals surface area contributed by atoms with Crippen molar-refractivity contribution in [1.82, 2.24) is 0 Å². The average molecular weight is 1270 g/mol. The molecule has 3 aliphatic rings. The van der Waals surface area contributed by atoms with E-state index in [0.29, 0.717) is 59.6 Å². The number of hydrogen-bond acceptors (Lipinski definition) is 14. The van der Waals surface area contributed by atoms with Gasteiger partial charge in [0.1, 0.15) is 26.4 Å². The Morgan fingerprint density at radius 2 is 0.576 bits per heavy atom. The van der Waals surface area contributed by atoms with Crippen molar-refractivity contribution in [3.05, 3.63) is 83.3 Å². The van der Waals surface area contributed by atoms with E-state index in [9.17, 15) is 19.2 Å². The fraction of sp³-hybridized carbons (Fsp3) is 0.641. The first kappa shape index (κ1) is 73.0. The fourth-order valence-corrected chi connectivity index (χ4v) is 13.4. The lowest BCUT2D eigenvalue weighted by Gasteiger charge is -2.45. The zero-order chi connectivity index (χ0) is 65.2. The topological polar surface area (TPSA) is 199 Å². The van der Waals surface area contributed by atoms with Gasteiger partial charge in [-0.25, -0.2) is 0 Å². The molecule has 0 atom stereocenters. The van der Waals surface area contributed by atoms with Gasteiger partial charge in [-0.2, -0.15) is 0 Å². The van der Waals surface area contributed by atoms with Crippen LogP contribution in [0.15, 0.2) is 72.2 Å². The van der Waals surface area contributed by atoms with Crippen LogP contribution in [0.3, 0.4) is 0 Å². The van der Waals surface area contributed by atoms with Gasteiger partial charge in [0.05, 0.1) is 11.4 Å². The first-order valence-electron chi connectivity index (χ1n) is 36.7. The molecule has 4 aromatic carbocycles. The predicted octanol–water partition coefficient (Wildman–Crippen LogP) is 18.8. The molecule has 4 N–H and O–H groups in total. The summed E-state index contributed by atoms with van der Waals surface area (Å²) in [5.41, 5.74) is 0.258. The van der Waals surface area contributed by atoms with E-state index in [-0.39, 0.29) is 87.1 Å². The van der Waals surface area contributed by atoms with Crippen LogP contribution in [-0.2, 0) is 38.1 Å². The van der Waals surface area contributed by atoms with Crippen molar-refractivity contribution < 1.29 is 48.3 Å². The maximum atomic E-state index is 15.2. The number of carbonyl (C=O) groups is 4. The maximum Gasteiger partial charge on any atom is 0.305 e. The van der Waals surface area contributed by atoms with E-state index in [1.165, 1.54) is 128 Å². The van der Waals surface area contributed by atoms with Gasteiger partial charge in [-0.15, -0.1) is 0 Å². The van der Waals surface area contributed by atoms with E-state index >= 15 is 10.2 Å². The molecule has 0 amide bonds. The van der Waals surface area contributed by atoms with Crippen LogP contribution < -0.4 is 31.5 Å². The van der Waals surface area contributed by atoms with Crippen molar-refractivity contribution in [3.63, 3.8) is 0 Å². The van der Waals surface area contributed by atoms with Crippen LogP contribution >= 0.6 is 0 Å². The summed E-state index contributed by atoms with van der Waals surface area (Å²) in [6, 6.07) is 18.9. The summed E-state index contributed by atoms with van der Waals surface area (Å²) in [5, 5.41) is 47.9. The van der Waals surface area contributed by atoms with Crippen molar-refractivity contribution in [3.8, 4) is 0 Å². The summed E-state index contributed by atoms with van der Waals surface area (Å²) in [4.78, 5) is 54.4. The van der Waals surface area contributed by atoms with E-state index in [0.717, 1.165) is 98.6 Å². The number of anilines is 4. The van der Waals surface area contributed by atoms with Gasteiger partial charge in [-0.3, -0.25) is 19.2 Å². The summed E-state index contributed by atoms with van der Waals surface area (Å²) < 4.78 is 24.4. The molecule has 0 fully saturated rings. The summed E-state index contributed by atoms with van der Waals surface area (Å²) in [6.07, 6.45) is 41.1. The molecule has 14 nitrogen and oxygen atoms in total. The van der Waals surface area contributed by atoms with Crippen LogP contribution in [0.4, 0.5) is 22.7 Å². The first-order chi connectivity index (χ1) is 45.0. The van der Waals surface area contributed by atoms with Crippen molar-refractivity contribution in [1.29, 1.82) is 0 Å². The molecule has 14 heteroatoms. The minimum Gasteiger partial charge on any atom is -0.872 e. The first-order valence-corrected chi connectivity index (χ1v) is 36.7. The van der Waals surface area contributed by atoms with Gasteiger partial charge in [0, 0.05) is 59.0 Å². The Balaban J connectivity index is 1.11. The minimum absolute atomic E-state index is 0.0173. The standard InChI is InChI=1S/C78H116N4O10/c1-5-9-13-17-21-25-29-33-37-47-65(83)89-55-77(56-90-66(84)48-38-34-30-26-22-18-14-10-6-2)79-63-45-41-43-59-51-53-61(73(81-77)69(59)63)71-75(87)72(76(71)88)62-54-52-60-44-42-46-64-70(60)74(62)82-78(80-64,57-91-67(85)49-39-35-31-27-23-19-15-11-7-3)58-92-68(86)50-40-36-32-28-24-20-16-12-8-4/h41-46,51-54,79-82,87-88H,5-40,47-50,55-58H2,1-4H3/p-2. The number of esters is 4. The van der Waals surface area contributed by atoms with Crippen molar-refractivity contribution in [2.45, 2.75) is 296 Å². The molecule has 4 aromatic rings. The molecule has 92 heavy (non-hydrogen) atoms. The molecular formula is C78H114N4O10-2. The quantitative estimate of drug-likeness (QED) is 0.0185. The van der Waals surface area contributed by atoms with Crippen molar-refractivity contribution >= 4 is 79.3 Å². The molecule has 508 valence electrons. The van der Waals surface area contributed by atoms with Crippen LogP contribution in [0.25, 0.3) is 32.7 Å². The van der Waals surface area contributed by atoms with Crippen molar-refractivity contribution in [2.24, 2.45) is 0 Å². The van der Waals surface area contributed by atoms with Crippen LogP contribution in [0.2, 0.25) is 0 Å². The summed E-state index contributed by atoms with van der Waals surface area (Å²) in [5.74, 6) is -2.37. The molecule has 7 rings (SSSR count). The maximum absolute atomic E-state index is 15.2. The molecular weight excluding hydrogens is 1150 g/mol. The Labute approximate surface area is 552 Å². The molecule has 0 unspecified atom stereocenters. The Morgan fingerprint density at radius 1 is 0.326 bits per heavy atom. The van der Waals surface area contributed by atoms with Gasteiger partial charge in [-0.1, -0.05) is 293 Å². The minimum atomic E-state index is -1.37. The highest BCUT2D eigenvalue weighted by Crippen LogP contribution is 2.52. The Morgan fingerprint density at radius 3 is 0.837 bits per heavy atom. The van der Waals surface area contributed by atoms with Crippen molar-refractivity contribution in [2.75, 3.05) is 47.7 Å². The Hall–Kier alpha value is -6.44. The van der Waals surface area contributed by atoms with Gasteiger partial charge in [0.15, 0.2) is 11.3 Å². The summed E-state index contributed by atoms with van der Waals surface area (Å²) in [6.45, 7) is 8.06. The highest BCUT2D eigenvalue weighted by molar-refractivity contribution is 6.17. The average Bonchev–Trinajstić information content (AvgIpc) is 0.718. The lowest BCUT2D eigenvalue weighted by Crippen LogP contribution is -2.56. The third-order valence-corrected chi connectivity index (χ3v) is 18.9. The Kier molecular flexibility index (Phi) is 31.7. The molecule has 2 aliphatic heterocycles. The van der Waals surface area contributed by atoms with Gasteiger partial charge in [0.2, 0.25) is 0 Å². The number of hydrogen-bond donors (Lipinski definition) is 4. The normalized spacial score (nSPS) is 14.3. The Bertz CT molecular complexity index is 2720. The second-order valence-corrected chi connectivity index (χ2v) is 26.8. The third-order valence-electron chi connectivity index (χ3n) is 18.9.